The van der Waals surface area contributed by atoms with E-state index >= 15 is 0 Å². The van der Waals surface area contributed by atoms with Crippen LogP contribution in [0.3, 0.4) is 0 Å². The summed E-state index contributed by atoms with van der Waals surface area (Å²) in [5.41, 5.74) is 19.3. The molecular weight excluding hydrogens is 306 g/mol. The highest BCUT2D eigenvalue weighted by molar-refractivity contribution is 5.65. The molecule has 4 rings (SSSR count). The highest BCUT2D eigenvalue weighted by Crippen LogP contribution is 2.24. The number of H-pyrrole nitrogens is 3. The molecule has 0 unspecified atom stereocenters. The predicted octanol–water partition coefficient (Wildman–Crippen LogP) is 1.60. The van der Waals surface area contributed by atoms with E-state index in [4.69, 9.17) is 17.2 Å². The van der Waals surface area contributed by atoms with Crippen molar-refractivity contribution in [2.75, 3.05) is 17.2 Å². The van der Waals surface area contributed by atoms with Crippen LogP contribution in [0.5, 0.6) is 0 Å². The van der Waals surface area contributed by atoms with Crippen molar-refractivity contribution >= 4 is 17.5 Å². The number of nitrogen functional groups attached to an aromatic ring is 3. The van der Waals surface area contributed by atoms with E-state index in [1.54, 1.807) is 18.2 Å². The molecule has 0 amide bonds. The van der Waals surface area contributed by atoms with Gasteiger partial charge in [0.1, 0.15) is 17.5 Å². The number of rotatable bonds is 3. The number of anilines is 3. The molecule has 0 radical (unpaired) electrons. The second-order valence-electron chi connectivity index (χ2n) is 5.29. The molecule has 0 aliphatic rings. The fraction of sp³-hybridized carbons (Fsp3) is 0. The van der Waals surface area contributed by atoms with Gasteiger partial charge in [-0.1, -0.05) is 0 Å². The summed E-state index contributed by atoms with van der Waals surface area (Å²) >= 11 is 0. The van der Waals surface area contributed by atoms with Gasteiger partial charge >= 0.3 is 0 Å². The van der Waals surface area contributed by atoms with Crippen LogP contribution in [0.25, 0.3) is 34.6 Å². The summed E-state index contributed by atoms with van der Waals surface area (Å²) < 4.78 is 0. The molecule has 0 spiro atoms. The van der Waals surface area contributed by atoms with Crippen LogP contribution in [0.15, 0.2) is 36.4 Å². The minimum atomic E-state index is 0.466. The van der Waals surface area contributed by atoms with Gasteiger partial charge in [0, 0.05) is 0 Å². The third-order valence-electron chi connectivity index (χ3n) is 3.48. The first-order valence-electron chi connectivity index (χ1n) is 7.19. The van der Waals surface area contributed by atoms with Crippen molar-refractivity contribution in [1.29, 1.82) is 0 Å². The lowest BCUT2D eigenvalue weighted by atomic mass is 10.3. The Kier molecular flexibility index (Phi) is 2.98. The second-order valence-corrected chi connectivity index (χ2v) is 5.29. The lowest BCUT2D eigenvalue weighted by molar-refractivity contribution is 1.05. The summed E-state index contributed by atoms with van der Waals surface area (Å²) in [4.78, 5) is 22.5. The lowest BCUT2D eigenvalue weighted by Crippen LogP contribution is -2.01. The molecule has 9 N–H and O–H groups in total. The highest BCUT2D eigenvalue weighted by atomic mass is 15.1. The molecule has 4 aromatic heterocycles. The standard InChI is InChI=1S/C15H15N9/c16-10-4-1-7(19-10)13-22-14(8-2-5-11(17)20-8)24-15(23-13)9-3-6-12(18)21-9/h1-6,19-21H,16-18H2. The normalized spacial score (nSPS) is 11.0. The number of nitrogens with zero attached hydrogens (tertiary/aromatic N) is 3. The Balaban J connectivity index is 1.90. The molecule has 0 aliphatic heterocycles. The molecule has 0 saturated heterocycles. The van der Waals surface area contributed by atoms with Crippen molar-refractivity contribution in [3.05, 3.63) is 36.4 Å². The van der Waals surface area contributed by atoms with Gasteiger partial charge in [0.15, 0.2) is 17.5 Å². The smallest absolute Gasteiger partial charge is 0.180 e. The first-order chi connectivity index (χ1) is 11.6. The molecule has 0 fully saturated rings. The topological polar surface area (TPSA) is 164 Å². The summed E-state index contributed by atoms with van der Waals surface area (Å²) in [6.45, 7) is 0. The molecule has 0 aliphatic carbocycles. The van der Waals surface area contributed by atoms with Crippen LogP contribution < -0.4 is 17.2 Å². The monoisotopic (exact) mass is 321 g/mol. The highest BCUT2D eigenvalue weighted by Gasteiger charge is 2.14. The molecule has 120 valence electrons. The van der Waals surface area contributed by atoms with Crippen LogP contribution in [-0.2, 0) is 0 Å². The first-order valence-corrected chi connectivity index (χ1v) is 7.19. The maximum Gasteiger partial charge on any atom is 0.180 e. The van der Waals surface area contributed by atoms with Crippen molar-refractivity contribution in [2.24, 2.45) is 0 Å². The minimum Gasteiger partial charge on any atom is -0.385 e. The summed E-state index contributed by atoms with van der Waals surface area (Å²) in [5, 5.41) is 0. The van der Waals surface area contributed by atoms with E-state index in [2.05, 4.69) is 29.9 Å². The van der Waals surface area contributed by atoms with Crippen molar-refractivity contribution in [1.82, 2.24) is 29.9 Å². The number of aromatic nitrogens is 6. The number of hydrogen-bond donors (Lipinski definition) is 6. The van der Waals surface area contributed by atoms with Gasteiger partial charge < -0.3 is 32.2 Å². The predicted molar refractivity (Wildman–Crippen MR) is 92.4 cm³/mol. The quantitative estimate of drug-likeness (QED) is 0.335. The Bertz CT molecular complexity index is 866. The van der Waals surface area contributed by atoms with Gasteiger partial charge in [-0.15, -0.1) is 0 Å². The van der Waals surface area contributed by atoms with E-state index in [0.717, 1.165) is 0 Å². The average molecular weight is 321 g/mol. The molecule has 0 atom stereocenters. The Morgan fingerprint density at radius 3 is 1.00 bits per heavy atom. The SMILES string of the molecule is Nc1ccc(-c2nc(-c3ccc(N)[nH]3)nc(-c3ccc(N)[nH]3)n2)[nH]1. The molecule has 0 aromatic carbocycles. The van der Waals surface area contributed by atoms with Gasteiger partial charge in [-0.25, -0.2) is 15.0 Å². The summed E-state index contributed by atoms with van der Waals surface area (Å²) in [7, 11) is 0. The molecule has 0 bridgehead atoms. The molecule has 24 heavy (non-hydrogen) atoms. The Morgan fingerprint density at radius 2 is 0.792 bits per heavy atom. The van der Waals surface area contributed by atoms with Gasteiger partial charge in [0.05, 0.1) is 17.1 Å². The third kappa shape index (κ3) is 2.43. The summed E-state index contributed by atoms with van der Waals surface area (Å²) in [5.74, 6) is 2.99. The molecule has 4 aromatic rings. The van der Waals surface area contributed by atoms with E-state index in [1.807, 2.05) is 18.2 Å². The van der Waals surface area contributed by atoms with Crippen LogP contribution in [0.1, 0.15) is 0 Å². The van der Waals surface area contributed by atoms with Gasteiger partial charge in [-0.05, 0) is 36.4 Å². The fourth-order valence-electron chi connectivity index (χ4n) is 2.36. The van der Waals surface area contributed by atoms with E-state index in [0.29, 0.717) is 52.0 Å². The zero-order valence-corrected chi connectivity index (χ0v) is 12.5. The Labute approximate surface area is 136 Å². The zero-order valence-electron chi connectivity index (χ0n) is 12.5. The summed E-state index contributed by atoms with van der Waals surface area (Å²) in [6.07, 6.45) is 0. The van der Waals surface area contributed by atoms with Crippen LogP contribution in [0.2, 0.25) is 0 Å². The Hall–Kier alpha value is -3.75. The van der Waals surface area contributed by atoms with Gasteiger partial charge in [-0.2, -0.15) is 0 Å². The van der Waals surface area contributed by atoms with E-state index < -0.39 is 0 Å². The maximum absolute atomic E-state index is 5.75. The van der Waals surface area contributed by atoms with Gasteiger partial charge in [-0.3, -0.25) is 0 Å². The van der Waals surface area contributed by atoms with Crippen LogP contribution >= 0.6 is 0 Å². The molecule has 9 nitrogen and oxygen atoms in total. The second kappa shape index (κ2) is 5.16. The zero-order chi connectivity index (χ0) is 16.7. The number of nitrogens with two attached hydrogens (primary N) is 3. The van der Waals surface area contributed by atoms with Crippen LogP contribution in [-0.4, -0.2) is 29.9 Å². The number of aromatic amines is 3. The largest absolute Gasteiger partial charge is 0.385 e. The van der Waals surface area contributed by atoms with Crippen molar-refractivity contribution in [3.8, 4) is 34.6 Å². The third-order valence-corrected chi connectivity index (χ3v) is 3.48. The lowest BCUT2D eigenvalue weighted by Gasteiger charge is -2.05. The Morgan fingerprint density at radius 1 is 0.500 bits per heavy atom. The first kappa shape index (κ1) is 13.9. The minimum absolute atomic E-state index is 0.466. The molecular formula is C15H15N9. The van der Waals surface area contributed by atoms with E-state index in [1.165, 1.54) is 0 Å². The molecule has 0 saturated carbocycles. The van der Waals surface area contributed by atoms with Crippen molar-refractivity contribution in [3.63, 3.8) is 0 Å². The molecule has 9 heteroatoms. The molecule has 4 heterocycles. The number of hydrogen-bond acceptors (Lipinski definition) is 6. The van der Waals surface area contributed by atoms with E-state index in [-0.39, 0.29) is 0 Å². The number of nitrogens with one attached hydrogen (secondary N) is 3. The average Bonchev–Trinajstić information content (AvgIpc) is 3.28. The fourth-order valence-corrected chi connectivity index (χ4v) is 2.36. The van der Waals surface area contributed by atoms with Crippen molar-refractivity contribution in [2.45, 2.75) is 0 Å². The van der Waals surface area contributed by atoms with Crippen molar-refractivity contribution < 1.29 is 0 Å². The maximum atomic E-state index is 5.75. The van der Waals surface area contributed by atoms with Crippen LogP contribution in [0, 0.1) is 0 Å². The van der Waals surface area contributed by atoms with Crippen LogP contribution in [0.4, 0.5) is 17.5 Å². The van der Waals surface area contributed by atoms with Gasteiger partial charge in [0.2, 0.25) is 0 Å². The summed E-state index contributed by atoms with van der Waals surface area (Å²) in [6, 6.07) is 10.7. The van der Waals surface area contributed by atoms with Gasteiger partial charge in [0.25, 0.3) is 0 Å². The van der Waals surface area contributed by atoms with E-state index in [9.17, 15) is 0 Å².